The summed E-state index contributed by atoms with van der Waals surface area (Å²) in [6.07, 6.45) is 5.54. The van der Waals surface area contributed by atoms with Crippen molar-refractivity contribution in [1.82, 2.24) is 4.90 Å². The van der Waals surface area contributed by atoms with E-state index in [1.807, 2.05) is 37.4 Å². The van der Waals surface area contributed by atoms with Gasteiger partial charge in [-0.05, 0) is 65.6 Å². The van der Waals surface area contributed by atoms with Gasteiger partial charge in [-0.15, -0.1) is 11.8 Å². The highest BCUT2D eigenvalue weighted by Crippen LogP contribution is 2.49. The van der Waals surface area contributed by atoms with Gasteiger partial charge in [-0.2, -0.15) is 0 Å². The van der Waals surface area contributed by atoms with E-state index in [9.17, 15) is 4.79 Å². The molecule has 0 N–H and O–H groups in total. The average molecular weight is 311 g/mol. The van der Waals surface area contributed by atoms with Crippen LogP contribution in [0.1, 0.15) is 59.8 Å². The van der Waals surface area contributed by atoms with Crippen LogP contribution >= 0.6 is 11.8 Å². The molecule has 2 heterocycles. The summed E-state index contributed by atoms with van der Waals surface area (Å²) < 4.78 is 5.68. The SMILES string of the molecule is C=C(C)C1(C2CCCCN2C(=O)OC(C)(C)C)CCCS1. The van der Waals surface area contributed by atoms with Gasteiger partial charge in [0.1, 0.15) is 5.60 Å². The number of piperidine rings is 1. The van der Waals surface area contributed by atoms with Gasteiger partial charge in [0, 0.05) is 6.54 Å². The number of carbonyl (C=O) groups is 1. The van der Waals surface area contributed by atoms with Crippen LogP contribution in [0.3, 0.4) is 0 Å². The molecule has 1 amide bonds. The number of carbonyl (C=O) groups excluding carboxylic acids is 1. The van der Waals surface area contributed by atoms with Gasteiger partial charge in [0.05, 0.1) is 10.8 Å². The molecule has 2 fully saturated rings. The van der Waals surface area contributed by atoms with Crippen molar-refractivity contribution in [2.45, 2.75) is 76.2 Å². The third kappa shape index (κ3) is 3.58. The van der Waals surface area contributed by atoms with Crippen molar-refractivity contribution < 1.29 is 9.53 Å². The van der Waals surface area contributed by atoms with E-state index < -0.39 is 5.60 Å². The fourth-order valence-electron chi connectivity index (χ4n) is 3.50. The Labute approximate surface area is 133 Å². The Morgan fingerprint density at radius 1 is 1.33 bits per heavy atom. The van der Waals surface area contributed by atoms with Crippen molar-refractivity contribution >= 4 is 17.9 Å². The van der Waals surface area contributed by atoms with Crippen LogP contribution in [0.25, 0.3) is 0 Å². The zero-order valence-corrected chi connectivity index (χ0v) is 14.7. The molecule has 0 aliphatic carbocycles. The third-order valence-electron chi connectivity index (χ3n) is 4.44. The Hall–Kier alpha value is -0.640. The van der Waals surface area contributed by atoms with Gasteiger partial charge in [0.2, 0.25) is 0 Å². The number of hydrogen-bond acceptors (Lipinski definition) is 3. The summed E-state index contributed by atoms with van der Waals surface area (Å²) in [7, 11) is 0. The molecule has 0 aromatic carbocycles. The summed E-state index contributed by atoms with van der Waals surface area (Å²) in [5, 5.41) is 0. The topological polar surface area (TPSA) is 29.5 Å². The maximum absolute atomic E-state index is 12.6. The third-order valence-corrected chi connectivity index (χ3v) is 6.28. The molecule has 2 aliphatic rings. The summed E-state index contributed by atoms with van der Waals surface area (Å²) in [5.41, 5.74) is 0.781. The molecule has 120 valence electrons. The molecule has 4 heteroatoms. The Bertz CT molecular complexity index is 408. The van der Waals surface area contributed by atoms with Gasteiger partial charge in [0.15, 0.2) is 0 Å². The summed E-state index contributed by atoms with van der Waals surface area (Å²) in [5.74, 6) is 1.17. The predicted molar refractivity (Wildman–Crippen MR) is 89.8 cm³/mol. The molecule has 0 spiro atoms. The van der Waals surface area contributed by atoms with Crippen LogP contribution in [0.2, 0.25) is 0 Å². The standard InChI is InChI=1S/C17H29NO2S/c1-13(2)17(10-8-12-21-17)14-9-6-7-11-18(14)15(19)20-16(3,4)5/h14H,1,6-12H2,2-5H3. The van der Waals surface area contributed by atoms with Crippen molar-refractivity contribution in [2.24, 2.45) is 0 Å². The molecule has 2 atom stereocenters. The van der Waals surface area contributed by atoms with Gasteiger partial charge in [-0.3, -0.25) is 0 Å². The van der Waals surface area contributed by atoms with Gasteiger partial charge in [0.25, 0.3) is 0 Å². The largest absolute Gasteiger partial charge is 0.444 e. The first-order valence-corrected chi connectivity index (χ1v) is 9.04. The first kappa shape index (κ1) is 16.7. The minimum absolute atomic E-state index is 0.0390. The molecular formula is C17H29NO2S. The number of rotatable bonds is 2. The first-order valence-electron chi connectivity index (χ1n) is 8.06. The molecular weight excluding hydrogens is 282 g/mol. The number of hydrogen-bond donors (Lipinski definition) is 0. The molecule has 0 radical (unpaired) electrons. The Morgan fingerprint density at radius 2 is 2.05 bits per heavy atom. The molecule has 0 bridgehead atoms. The van der Waals surface area contributed by atoms with Crippen LogP contribution < -0.4 is 0 Å². The molecule has 3 nitrogen and oxygen atoms in total. The van der Waals surface area contributed by atoms with Gasteiger partial charge in [-0.1, -0.05) is 12.2 Å². The first-order chi connectivity index (χ1) is 9.76. The smallest absolute Gasteiger partial charge is 0.410 e. The van der Waals surface area contributed by atoms with Crippen molar-refractivity contribution in [3.05, 3.63) is 12.2 Å². The highest BCUT2D eigenvalue weighted by molar-refractivity contribution is 8.01. The van der Waals surface area contributed by atoms with Crippen molar-refractivity contribution in [3.63, 3.8) is 0 Å². The van der Waals surface area contributed by atoms with Crippen LogP contribution in [0.4, 0.5) is 4.79 Å². The summed E-state index contributed by atoms with van der Waals surface area (Å²) in [6.45, 7) is 13.0. The van der Waals surface area contributed by atoms with Gasteiger partial charge in [-0.25, -0.2) is 4.79 Å². The van der Waals surface area contributed by atoms with E-state index in [4.69, 9.17) is 4.74 Å². The van der Waals surface area contributed by atoms with Crippen LogP contribution in [-0.4, -0.2) is 39.7 Å². The second-order valence-corrected chi connectivity index (χ2v) is 8.73. The number of thioether (sulfide) groups is 1. The summed E-state index contributed by atoms with van der Waals surface area (Å²) >= 11 is 1.99. The van der Waals surface area contributed by atoms with E-state index in [-0.39, 0.29) is 16.9 Å². The molecule has 2 saturated heterocycles. The Balaban J connectivity index is 2.22. The quantitative estimate of drug-likeness (QED) is 0.697. The number of ether oxygens (including phenoxy) is 1. The van der Waals surface area contributed by atoms with Crippen molar-refractivity contribution in [3.8, 4) is 0 Å². The molecule has 2 rings (SSSR count). The van der Waals surface area contributed by atoms with E-state index in [1.165, 1.54) is 24.2 Å². The highest BCUT2D eigenvalue weighted by atomic mass is 32.2. The number of nitrogens with zero attached hydrogens (tertiary/aromatic N) is 1. The molecule has 2 aliphatic heterocycles. The fourth-order valence-corrected chi connectivity index (χ4v) is 5.13. The second-order valence-electron chi connectivity index (χ2n) is 7.31. The molecule has 0 aromatic heterocycles. The average Bonchev–Trinajstić information content (AvgIpc) is 2.87. The molecule has 21 heavy (non-hydrogen) atoms. The lowest BCUT2D eigenvalue weighted by atomic mass is 9.82. The second kappa shape index (κ2) is 6.23. The monoisotopic (exact) mass is 311 g/mol. The lowest BCUT2D eigenvalue weighted by molar-refractivity contribution is 0.00612. The van der Waals surface area contributed by atoms with Crippen LogP contribution in [-0.2, 0) is 4.74 Å². The molecule has 0 aromatic rings. The minimum Gasteiger partial charge on any atom is -0.444 e. The Morgan fingerprint density at radius 3 is 2.57 bits per heavy atom. The van der Waals surface area contributed by atoms with E-state index in [0.717, 1.165) is 25.8 Å². The molecule has 2 unspecified atom stereocenters. The zero-order chi connectivity index (χ0) is 15.7. The number of likely N-dealkylation sites (tertiary alicyclic amines) is 1. The van der Waals surface area contributed by atoms with Gasteiger partial charge >= 0.3 is 6.09 Å². The summed E-state index contributed by atoms with van der Waals surface area (Å²) in [4.78, 5) is 14.6. The zero-order valence-electron chi connectivity index (χ0n) is 13.9. The maximum atomic E-state index is 12.6. The van der Waals surface area contributed by atoms with Gasteiger partial charge < -0.3 is 9.64 Å². The van der Waals surface area contributed by atoms with Crippen molar-refractivity contribution in [2.75, 3.05) is 12.3 Å². The van der Waals surface area contributed by atoms with E-state index in [1.54, 1.807) is 0 Å². The number of amides is 1. The van der Waals surface area contributed by atoms with E-state index >= 15 is 0 Å². The minimum atomic E-state index is -0.432. The van der Waals surface area contributed by atoms with E-state index in [2.05, 4.69) is 13.5 Å². The van der Waals surface area contributed by atoms with Crippen LogP contribution in [0.5, 0.6) is 0 Å². The van der Waals surface area contributed by atoms with Crippen molar-refractivity contribution in [1.29, 1.82) is 0 Å². The molecule has 0 saturated carbocycles. The van der Waals surface area contributed by atoms with Crippen LogP contribution in [0, 0.1) is 0 Å². The maximum Gasteiger partial charge on any atom is 0.410 e. The summed E-state index contributed by atoms with van der Waals surface area (Å²) in [6, 6.07) is 0.242. The van der Waals surface area contributed by atoms with Crippen LogP contribution in [0.15, 0.2) is 12.2 Å². The lowest BCUT2D eigenvalue weighted by Gasteiger charge is -2.46. The van der Waals surface area contributed by atoms with E-state index in [0.29, 0.717) is 0 Å². The predicted octanol–water partition coefficient (Wildman–Crippen LogP) is 4.62. The normalized spacial score (nSPS) is 30.3. The fraction of sp³-hybridized carbons (Fsp3) is 0.824. The highest BCUT2D eigenvalue weighted by Gasteiger charge is 2.48. The Kier molecular flexibility index (Phi) is 4.96. The lowest BCUT2D eigenvalue weighted by Crippen LogP contribution is -2.55.